The molecule has 1 aromatic heterocycles. The van der Waals surface area contributed by atoms with Gasteiger partial charge < -0.3 is 5.32 Å². The second-order valence-corrected chi connectivity index (χ2v) is 3.16. The van der Waals surface area contributed by atoms with Crippen LogP contribution < -0.4 is 5.32 Å². The SMILES string of the molecule is CNC(C)Cc1cccc(C)n1. The molecule has 0 aliphatic carbocycles. The van der Waals surface area contributed by atoms with Gasteiger partial charge in [-0.1, -0.05) is 6.07 Å². The first kappa shape index (κ1) is 9.20. The summed E-state index contributed by atoms with van der Waals surface area (Å²) >= 11 is 0. The minimum absolute atomic E-state index is 0.499. The second-order valence-electron chi connectivity index (χ2n) is 3.16. The third-order valence-corrected chi connectivity index (χ3v) is 1.95. The number of aromatic nitrogens is 1. The highest BCUT2D eigenvalue weighted by Crippen LogP contribution is 2.01. The average molecular weight is 164 g/mol. The summed E-state index contributed by atoms with van der Waals surface area (Å²) in [6.07, 6.45) is 0.998. The molecule has 2 nitrogen and oxygen atoms in total. The van der Waals surface area contributed by atoms with E-state index in [1.807, 2.05) is 20.0 Å². The maximum absolute atomic E-state index is 4.42. The molecule has 0 bridgehead atoms. The van der Waals surface area contributed by atoms with E-state index < -0.39 is 0 Å². The van der Waals surface area contributed by atoms with Gasteiger partial charge in [0.1, 0.15) is 0 Å². The lowest BCUT2D eigenvalue weighted by atomic mass is 10.1. The van der Waals surface area contributed by atoms with E-state index >= 15 is 0 Å². The Morgan fingerprint density at radius 3 is 2.83 bits per heavy atom. The Kier molecular flexibility index (Phi) is 3.23. The molecule has 0 amide bonds. The lowest BCUT2D eigenvalue weighted by Crippen LogP contribution is -2.24. The molecular weight excluding hydrogens is 148 g/mol. The number of nitrogens with zero attached hydrogens (tertiary/aromatic N) is 1. The Morgan fingerprint density at radius 1 is 1.50 bits per heavy atom. The first-order chi connectivity index (χ1) is 5.72. The molecular formula is C10H16N2. The van der Waals surface area contributed by atoms with Crippen LogP contribution in [0.4, 0.5) is 0 Å². The van der Waals surface area contributed by atoms with Crippen LogP contribution in [-0.4, -0.2) is 18.1 Å². The Labute approximate surface area is 74.0 Å². The maximum Gasteiger partial charge on any atom is 0.0422 e. The average Bonchev–Trinajstić information content (AvgIpc) is 2.04. The zero-order chi connectivity index (χ0) is 8.97. The van der Waals surface area contributed by atoms with Crippen molar-refractivity contribution in [2.75, 3.05) is 7.05 Å². The summed E-state index contributed by atoms with van der Waals surface area (Å²) in [7, 11) is 1.97. The van der Waals surface area contributed by atoms with Crippen molar-refractivity contribution in [2.24, 2.45) is 0 Å². The first-order valence-electron chi connectivity index (χ1n) is 4.32. The lowest BCUT2D eigenvalue weighted by molar-refractivity contribution is 0.600. The molecule has 0 saturated heterocycles. The molecule has 0 saturated carbocycles. The first-order valence-corrected chi connectivity index (χ1v) is 4.32. The lowest BCUT2D eigenvalue weighted by Gasteiger charge is -2.08. The van der Waals surface area contributed by atoms with Gasteiger partial charge in [-0.2, -0.15) is 0 Å². The highest BCUT2D eigenvalue weighted by atomic mass is 14.9. The molecule has 2 heteroatoms. The fourth-order valence-corrected chi connectivity index (χ4v) is 1.13. The molecule has 0 aromatic carbocycles. The second kappa shape index (κ2) is 4.21. The number of aryl methyl sites for hydroxylation is 1. The molecule has 1 aromatic rings. The Hall–Kier alpha value is -0.890. The van der Waals surface area contributed by atoms with Crippen molar-refractivity contribution in [3.05, 3.63) is 29.6 Å². The number of likely N-dealkylation sites (N-methyl/N-ethyl adjacent to an activating group) is 1. The summed E-state index contributed by atoms with van der Waals surface area (Å²) in [6, 6.07) is 6.65. The van der Waals surface area contributed by atoms with Crippen LogP contribution in [0.15, 0.2) is 18.2 Å². The van der Waals surface area contributed by atoms with Gasteiger partial charge in [0.2, 0.25) is 0 Å². The molecule has 1 rings (SSSR count). The van der Waals surface area contributed by atoms with Gasteiger partial charge in [0.25, 0.3) is 0 Å². The van der Waals surface area contributed by atoms with Crippen LogP contribution in [0.2, 0.25) is 0 Å². The summed E-state index contributed by atoms with van der Waals surface area (Å²) in [5, 5.41) is 3.19. The number of hydrogen-bond acceptors (Lipinski definition) is 2. The summed E-state index contributed by atoms with van der Waals surface area (Å²) in [5.41, 5.74) is 2.26. The van der Waals surface area contributed by atoms with Gasteiger partial charge in [-0.15, -0.1) is 0 Å². The summed E-state index contributed by atoms with van der Waals surface area (Å²) in [5.74, 6) is 0. The van der Waals surface area contributed by atoms with Crippen LogP contribution in [0.3, 0.4) is 0 Å². The third kappa shape index (κ3) is 2.62. The van der Waals surface area contributed by atoms with Crippen molar-refractivity contribution in [3.8, 4) is 0 Å². The third-order valence-electron chi connectivity index (χ3n) is 1.95. The Balaban J connectivity index is 2.63. The quantitative estimate of drug-likeness (QED) is 0.733. The maximum atomic E-state index is 4.42. The summed E-state index contributed by atoms with van der Waals surface area (Å²) in [6.45, 7) is 4.18. The van der Waals surface area contributed by atoms with Crippen molar-refractivity contribution >= 4 is 0 Å². The summed E-state index contributed by atoms with van der Waals surface area (Å²) < 4.78 is 0. The van der Waals surface area contributed by atoms with Crippen LogP contribution in [0.25, 0.3) is 0 Å². The van der Waals surface area contributed by atoms with Crippen molar-refractivity contribution in [3.63, 3.8) is 0 Å². The largest absolute Gasteiger partial charge is 0.317 e. The van der Waals surface area contributed by atoms with Crippen LogP contribution in [0.1, 0.15) is 18.3 Å². The highest BCUT2D eigenvalue weighted by Gasteiger charge is 2.00. The van der Waals surface area contributed by atoms with Crippen molar-refractivity contribution in [1.82, 2.24) is 10.3 Å². The molecule has 0 spiro atoms. The fraction of sp³-hybridized carbons (Fsp3) is 0.500. The van der Waals surface area contributed by atoms with Crippen molar-refractivity contribution in [1.29, 1.82) is 0 Å². The number of pyridine rings is 1. The normalized spacial score (nSPS) is 12.9. The monoisotopic (exact) mass is 164 g/mol. The highest BCUT2D eigenvalue weighted by molar-refractivity contribution is 5.10. The van der Waals surface area contributed by atoms with E-state index in [2.05, 4.69) is 29.4 Å². The Bertz CT molecular complexity index is 245. The van der Waals surface area contributed by atoms with Gasteiger partial charge in [0, 0.05) is 23.9 Å². The van der Waals surface area contributed by atoms with Crippen LogP contribution in [0.5, 0.6) is 0 Å². The molecule has 1 N–H and O–H groups in total. The van der Waals surface area contributed by atoms with Crippen molar-refractivity contribution < 1.29 is 0 Å². The fourth-order valence-electron chi connectivity index (χ4n) is 1.13. The molecule has 1 atom stereocenters. The van der Waals surface area contributed by atoms with Gasteiger partial charge in [-0.05, 0) is 33.0 Å². The van der Waals surface area contributed by atoms with E-state index in [0.717, 1.165) is 17.8 Å². The van der Waals surface area contributed by atoms with Gasteiger partial charge in [-0.3, -0.25) is 4.98 Å². The topological polar surface area (TPSA) is 24.9 Å². The van der Waals surface area contributed by atoms with E-state index in [1.54, 1.807) is 0 Å². The Morgan fingerprint density at radius 2 is 2.25 bits per heavy atom. The van der Waals surface area contributed by atoms with Gasteiger partial charge in [-0.25, -0.2) is 0 Å². The van der Waals surface area contributed by atoms with Gasteiger partial charge in [0.05, 0.1) is 0 Å². The molecule has 1 unspecified atom stereocenters. The van der Waals surface area contributed by atoms with Gasteiger partial charge in [0.15, 0.2) is 0 Å². The molecule has 0 fully saturated rings. The van der Waals surface area contributed by atoms with E-state index in [-0.39, 0.29) is 0 Å². The van der Waals surface area contributed by atoms with Crippen molar-refractivity contribution in [2.45, 2.75) is 26.3 Å². The van der Waals surface area contributed by atoms with Crippen LogP contribution in [-0.2, 0) is 6.42 Å². The van der Waals surface area contributed by atoms with Crippen LogP contribution in [0, 0.1) is 6.92 Å². The van der Waals surface area contributed by atoms with E-state index in [9.17, 15) is 0 Å². The molecule has 0 aliphatic rings. The van der Waals surface area contributed by atoms with E-state index in [4.69, 9.17) is 0 Å². The minimum atomic E-state index is 0.499. The minimum Gasteiger partial charge on any atom is -0.317 e. The molecule has 66 valence electrons. The molecule has 12 heavy (non-hydrogen) atoms. The predicted molar refractivity (Wildman–Crippen MR) is 51.2 cm³/mol. The number of nitrogens with one attached hydrogen (secondary N) is 1. The number of hydrogen-bond donors (Lipinski definition) is 1. The zero-order valence-electron chi connectivity index (χ0n) is 7.96. The molecule has 0 aliphatic heterocycles. The summed E-state index contributed by atoms with van der Waals surface area (Å²) in [4.78, 5) is 4.42. The van der Waals surface area contributed by atoms with Crippen LogP contribution >= 0.6 is 0 Å². The molecule has 0 radical (unpaired) electrons. The number of rotatable bonds is 3. The standard InChI is InChI=1S/C10H16N2/c1-8-5-4-6-10(12-8)7-9(2)11-3/h4-6,9,11H,7H2,1-3H3. The molecule has 1 heterocycles. The van der Waals surface area contributed by atoms with E-state index in [0.29, 0.717) is 6.04 Å². The predicted octanol–water partition coefficient (Wildman–Crippen LogP) is 1.54. The zero-order valence-corrected chi connectivity index (χ0v) is 7.96. The van der Waals surface area contributed by atoms with Gasteiger partial charge >= 0.3 is 0 Å². The smallest absolute Gasteiger partial charge is 0.0422 e. The van der Waals surface area contributed by atoms with E-state index in [1.165, 1.54) is 0 Å².